The summed E-state index contributed by atoms with van der Waals surface area (Å²) in [5.41, 5.74) is 1.18. The highest BCUT2D eigenvalue weighted by Gasteiger charge is 2.18. The third-order valence-corrected chi connectivity index (χ3v) is 3.15. The van der Waals surface area contributed by atoms with E-state index in [2.05, 4.69) is 20.9 Å². The topological polar surface area (TPSA) is 30.0 Å². The lowest BCUT2D eigenvalue weighted by Crippen LogP contribution is -2.09. The Morgan fingerprint density at radius 3 is 2.89 bits per heavy atom. The predicted octanol–water partition coefficient (Wildman–Crippen LogP) is 3.78. The molecule has 0 saturated carbocycles. The van der Waals surface area contributed by atoms with E-state index in [1.807, 2.05) is 13.0 Å². The van der Waals surface area contributed by atoms with Crippen LogP contribution in [-0.4, -0.2) is 10.8 Å². The quantitative estimate of drug-likeness (QED) is 0.808. The molecule has 0 saturated heterocycles. The SMILES string of the molecule is CCc1cccnc1C(=O)c1cc(Br)ccc1F. The van der Waals surface area contributed by atoms with Crippen LogP contribution in [0, 0.1) is 5.82 Å². The Hall–Kier alpha value is -1.55. The molecule has 0 spiro atoms. The molecule has 1 heterocycles. The molecular weight excluding hydrogens is 297 g/mol. The largest absolute Gasteiger partial charge is 0.287 e. The van der Waals surface area contributed by atoms with Crippen molar-refractivity contribution in [2.75, 3.05) is 0 Å². The molecule has 0 unspecified atom stereocenters. The number of carbonyl (C=O) groups is 1. The van der Waals surface area contributed by atoms with Gasteiger partial charge in [0.2, 0.25) is 5.78 Å². The molecule has 92 valence electrons. The van der Waals surface area contributed by atoms with Crippen LogP contribution in [0.2, 0.25) is 0 Å². The lowest BCUT2D eigenvalue weighted by atomic mass is 10.0. The van der Waals surface area contributed by atoms with Crippen LogP contribution in [0.15, 0.2) is 41.0 Å². The number of halogens is 2. The molecule has 0 N–H and O–H groups in total. The molecule has 1 aromatic carbocycles. The molecule has 0 atom stereocenters. The van der Waals surface area contributed by atoms with Gasteiger partial charge in [-0.2, -0.15) is 0 Å². The lowest BCUT2D eigenvalue weighted by Gasteiger charge is -2.06. The van der Waals surface area contributed by atoms with Gasteiger partial charge in [-0.3, -0.25) is 9.78 Å². The molecule has 2 aromatic rings. The molecule has 4 heteroatoms. The van der Waals surface area contributed by atoms with Crippen molar-refractivity contribution in [3.8, 4) is 0 Å². The van der Waals surface area contributed by atoms with Crippen LogP contribution < -0.4 is 0 Å². The molecule has 0 bridgehead atoms. The Kier molecular flexibility index (Phi) is 3.87. The van der Waals surface area contributed by atoms with E-state index in [1.54, 1.807) is 18.3 Å². The van der Waals surface area contributed by atoms with Gasteiger partial charge >= 0.3 is 0 Å². The minimum Gasteiger partial charge on any atom is -0.287 e. The van der Waals surface area contributed by atoms with Crippen molar-refractivity contribution in [2.45, 2.75) is 13.3 Å². The van der Waals surface area contributed by atoms with E-state index < -0.39 is 5.82 Å². The van der Waals surface area contributed by atoms with Crippen LogP contribution in [0.4, 0.5) is 4.39 Å². The minimum absolute atomic E-state index is 0.0396. The van der Waals surface area contributed by atoms with Crippen LogP contribution in [-0.2, 0) is 6.42 Å². The smallest absolute Gasteiger partial charge is 0.214 e. The van der Waals surface area contributed by atoms with E-state index in [0.29, 0.717) is 16.6 Å². The summed E-state index contributed by atoms with van der Waals surface area (Å²) in [6.07, 6.45) is 2.23. The van der Waals surface area contributed by atoms with E-state index in [0.717, 1.165) is 5.56 Å². The molecule has 0 aliphatic heterocycles. The van der Waals surface area contributed by atoms with Crippen LogP contribution in [0.25, 0.3) is 0 Å². The summed E-state index contributed by atoms with van der Waals surface area (Å²) in [6, 6.07) is 7.91. The van der Waals surface area contributed by atoms with Crippen LogP contribution >= 0.6 is 15.9 Å². The molecule has 0 fully saturated rings. The summed E-state index contributed by atoms with van der Waals surface area (Å²) in [6.45, 7) is 1.94. The normalized spacial score (nSPS) is 10.4. The first-order valence-corrected chi connectivity index (χ1v) is 6.36. The Labute approximate surface area is 113 Å². The minimum atomic E-state index is -0.532. The number of carbonyl (C=O) groups excluding carboxylic acids is 1. The van der Waals surface area contributed by atoms with E-state index in [-0.39, 0.29) is 11.3 Å². The molecule has 18 heavy (non-hydrogen) atoms. The zero-order valence-electron chi connectivity index (χ0n) is 9.78. The average molecular weight is 308 g/mol. The van der Waals surface area contributed by atoms with Gasteiger partial charge in [-0.05, 0) is 36.2 Å². The van der Waals surface area contributed by atoms with Crippen molar-refractivity contribution in [1.82, 2.24) is 4.98 Å². The van der Waals surface area contributed by atoms with E-state index in [4.69, 9.17) is 0 Å². The second-order valence-electron chi connectivity index (χ2n) is 3.82. The first-order valence-electron chi connectivity index (χ1n) is 5.57. The fraction of sp³-hybridized carbons (Fsp3) is 0.143. The first-order chi connectivity index (χ1) is 8.63. The summed E-state index contributed by atoms with van der Waals surface area (Å²) in [5.74, 6) is -0.915. The number of hydrogen-bond acceptors (Lipinski definition) is 2. The highest BCUT2D eigenvalue weighted by atomic mass is 79.9. The number of rotatable bonds is 3. The monoisotopic (exact) mass is 307 g/mol. The third-order valence-electron chi connectivity index (χ3n) is 2.66. The van der Waals surface area contributed by atoms with Gasteiger partial charge in [0.05, 0.1) is 5.56 Å². The molecule has 0 aliphatic carbocycles. The fourth-order valence-electron chi connectivity index (χ4n) is 1.73. The van der Waals surface area contributed by atoms with Gasteiger partial charge in [0.1, 0.15) is 11.5 Å². The number of hydrogen-bond donors (Lipinski definition) is 0. The van der Waals surface area contributed by atoms with Gasteiger partial charge in [0.25, 0.3) is 0 Å². The summed E-state index contributed by atoms with van der Waals surface area (Å²) >= 11 is 3.23. The Morgan fingerprint density at radius 1 is 1.39 bits per heavy atom. The Bertz CT molecular complexity index is 598. The molecule has 0 amide bonds. The van der Waals surface area contributed by atoms with Crippen molar-refractivity contribution >= 4 is 21.7 Å². The number of nitrogens with zero attached hydrogens (tertiary/aromatic N) is 1. The Balaban J connectivity index is 2.51. The van der Waals surface area contributed by atoms with Crippen molar-refractivity contribution < 1.29 is 9.18 Å². The second kappa shape index (κ2) is 5.40. The third kappa shape index (κ3) is 2.48. The van der Waals surface area contributed by atoms with Gasteiger partial charge in [0, 0.05) is 10.7 Å². The van der Waals surface area contributed by atoms with Crippen molar-refractivity contribution in [3.63, 3.8) is 0 Å². The van der Waals surface area contributed by atoms with Crippen molar-refractivity contribution in [1.29, 1.82) is 0 Å². The number of pyridine rings is 1. The highest BCUT2D eigenvalue weighted by Crippen LogP contribution is 2.19. The maximum Gasteiger partial charge on any atom is 0.214 e. The summed E-state index contributed by atoms with van der Waals surface area (Å²) in [7, 11) is 0. The van der Waals surface area contributed by atoms with Gasteiger partial charge < -0.3 is 0 Å². The van der Waals surface area contributed by atoms with Crippen molar-refractivity contribution in [2.24, 2.45) is 0 Å². The molecule has 2 rings (SSSR count). The number of aryl methyl sites for hydroxylation is 1. The number of benzene rings is 1. The van der Waals surface area contributed by atoms with E-state index in [9.17, 15) is 9.18 Å². The number of ketones is 1. The standard InChI is InChI=1S/C14H11BrFNO/c1-2-9-4-3-7-17-13(9)14(18)11-8-10(15)5-6-12(11)16/h3-8H,2H2,1H3. The summed E-state index contributed by atoms with van der Waals surface area (Å²) in [5, 5.41) is 0. The highest BCUT2D eigenvalue weighted by molar-refractivity contribution is 9.10. The van der Waals surface area contributed by atoms with Crippen LogP contribution in [0.5, 0.6) is 0 Å². The van der Waals surface area contributed by atoms with E-state index >= 15 is 0 Å². The molecule has 0 radical (unpaired) electrons. The van der Waals surface area contributed by atoms with E-state index in [1.165, 1.54) is 12.1 Å². The number of aromatic nitrogens is 1. The zero-order chi connectivity index (χ0) is 13.1. The molecule has 2 nitrogen and oxygen atoms in total. The maximum atomic E-state index is 13.7. The predicted molar refractivity (Wildman–Crippen MR) is 71.1 cm³/mol. The van der Waals surface area contributed by atoms with Crippen LogP contribution in [0.1, 0.15) is 28.5 Å². The van der Waals surface area contributed by atoms with Gasteiger partial charge in [-0.15, -0.1) is 0 Å². The summed E-state index contributed by atoms with van der Waals surface area (Å²) < 4.78 is 14.3. The Morgan fingerprint density at radius 2 is 2.17 bits per heavy atom. The molecule has 0 aliphatic rings. The van der Waals surface area contributed by atoms with Crippen molar-refractivity contribution in [3.05, 3.63) is 63.6 Å². The van der Waals surface area contributed by atoms with Gasteiger partial charge in [0.15, 0.2) is 0 Å². The van der Waals surface area contributed by atoms with Gasteiger partial charge in [-0.1, -0.05) is 28.9 Å². The maximum absolute atomic E-state index is 13.7. The van der Waals surface area contributed by atoms with Gasteiger partial charge in [-0.25, -0.2) is 4.39 Å². The molecule has 1 aromatic heterocycles. The van der Waals surface area contributed by atoms with Crippen LogP contribution in [0.3, 0.4) is 0 Å². The first kappa shape index (κ1) is 12.9. The zero-order valence-corrected chi connectivity index (χ0v) is 11.4. The molecular formula is C14H11BrFNO. The second-order valence-corrected chi connectivity index (χ2v) is 4.73. The average Bonchev–Trinajstić information content (AvgIpc) is 2.40. The summed E-state index contributed by atoms with van der Waals surface area (Å²) in [4.78, 5) is 16.3. The fourth-order valence-corrected chi connectivity index (χ4v) is 2.09. The lowest BCUT2D eigenvalue weighted by molar-refractivity contribution is 0.102.